The van der Waals surface area contributed by atoms with Gasteiger partial charge in [-0.2, -0.15) is 0 Å². The second-order valence-corrected chi connectivity index (χ2v) is 4.42. The van der Waals surface area contributed by atoms with E-state index in [1.54, 1.807) is 24.4 Å². The molecule has 0 fully saturated rings. The van der Waals surface area contributed by atoms with E-state index in [4.69, 9.17) is 11.5 Å². The Hall–Kier alpha value is -2.96. The zero-order chi connectivity index (χ0) is 14.3. The Morgan fingerprint density at radius 3 is 2.60 bits per heavy atom. The van der Waals surface area contributed by atoms with Crippen LogP contribution in [0.5, 0.6) is 0 Å². The monoisotopic (exact) mass is 268 g/mol. The summed E-state index contributed by atoms with van der Waals surface area (Å²) in [5.74, 6) is 0.334. The third kappa shape index (κ3) is 1.95. The molecule has 0 saturated heterocycles. The van der Waals surface area contributed by atoms with E-state index < -0.39 is 0 Å². The molecule has 0 atom stereocenters. The molecule has 0 aliphatic rings. The maximum Gasteiger partial charge on any atom is 0.259 e. The smallest absolute Gasteiger partial charge is 0.259 e. The molecule has 0 radical (unpaired) electrons. The lowest BCUT2D eigenvalue weighted by molar-refractivity contribution is 1.11. The predicted molar refractivity (Wildman–Crippen MR) is 77.0 cm³/mol. The average molecular weight is 268 g/mol. The van der Waals surface area contributed by atoms with Gasteiger partial charge in [0.1, 0.15) is 5.82 Å². The van der Waals surface area contributed by atoms with E-state index in [1.165, 1.54) is 0 Å². The number of nitrogens with two attached hydrogens (primary N) is 2. The van der Waals surface area contributed by atoms with Crippen molar-refractivity contribution in [3.8, 4) is 11.4 Å². The molecule has 20 heavy (non-hydrogen) atoms. The molecule has 3 aromatic rings. The summed E-state index contributed by atoms with van der Waals surface area (Å²) in [4.78, 5) is 26.7. The van der Waals surface area contributed by atoms with E-state index in [-0.39, 0.29) is 17.3 Å². The number of aryl methyl sites for hydroxylation is 1. The van der Waals surface area contributed by atoms with Gasteiger partial charge in [0.15, 0.2) is 0 Å². The van der Waals surface area contributed by atoms with Crippen molar-refractivity contribution in [2.45, 2.75) is 6.92 Å². The number of hydrogen-bond donors (Lipinski definition) is 3. The van der Waals surface area contributed by atoms with Crippen LogP contribution in [0.15, 0.2) is 29.2 Å². The molecule has 0 unspecified atom stereocenters. The molecule has 7 heteroatoms. The van der Waals surface area contributed by atoms with Crippen molar-refractivity contribution >= 4 is 22.5 Å². The van der Waals surface area contributed by atoms with Crippen molar-refractivity contribution in [3.63, 3.8) is 0 Å². The third-order valence-electron chi connectivity index (χ3n) is 2.92. The lowest BCUT2D eigenvalue weighted by Crippen LogP contribution is -2.09. The molecule has 3 rings (SSSR count). The van der Waals surface area contributed by atoms with Crippen LogP contribution in [0.2, 0.25) is 0 Å². The third-order valence-corrected chi connectivity index (χ3v) is 2.92. The normalized spacial score (nSPS) is 10.8. The largest absolute Gasteiger partial charge is 0.383 e. The van der Waals surface area contributed by atoms with E-state index in [9.17, 15) is 4.79 Å². The SMILES string of the molecule is Cc1cc(-c2cc3cc[nH]c(=O)c3c(N)n2)nc(N)n1. The minimum atomic E-state index is -0.266. The van der Waals surface area contributed by atoms with Crippen LogP contribution in [0.1, 0.15) is 5.69 Å². The van der Waals surface area contributed by atoms with Gasteiger partial charge < -0.3 is 16.5 Å². The van der Waals surface area contributed by atoms with Gasteiger partial charge >= 0.3 is 0 Å². The lowest BCUT2D eigenvalue weighted by Gasteiger charge is -2.06. The first kappa shape index (κ1) is 12.1. The topological polar surface area (TPSA) is 124 Å². The maximum absolute atomic E-state index is 11.7. The maximum atomic E-state index is 11.7. The van der Waals surface area contributed by atoms with Crippen LogP contribution in [-0.2, 0) is 0 Å². The number of rotatable bonds is 1. The van der Waals surface area contributed by atoms with Crippen LogP contribution in [0.4, 0.5) is 11.8 Å². The number of hydrogen-bond acceptors (Lipinski definition) is 6. The number of anilines is 2. The van der Waals surface area contributed by atoms with Gasteiger partial charge in [-0.25, -0.2) is 15.0 Å². The second-order valence-electron chi connectivity index (χ2n) is 4.42. The van der Waals surface area contributed by atoms with Gasteiger partial charge in [0.05, 0.1) is 16.8 Å². The quantitative estimate of drug-likeness (QED) is 0.601. The number of aromatic amines is 1. The molecule has 0 aromatic carbocycles. The molecule has 0 amide bonds. The Kier molecular flexibility index (Phi) is 2.60. The highest BCUT2D eigenvalue weighted by Gasteiger charge is 2.10. The molecule has 100 valence electrons. The molecule has 0 bridgehead atoms. The highest BCUT2D eigenvalue weighted by molar-refractivity contribution is 5.92. The Balaban J connectivity index is 2.30. The molecule has 0 spiro atoms. The minimum Gasteiger partial charge on any atom is -0.383 e. The first-order chi connectivity index (χ1) is 9.54. The van der Waals surface area contributed by atoms with Crippen molar-refractivity contribution in [2.75, 3.05) is 11.5 Å². The molecular formula is C13H12N6O. The molecular weight excluding hydrogens is 256 g/mol. The number of nitrogens with zero attached hydrogens (tertiary/aromatic N) is 3. The Labute approximate surface area is 113 Å². The van der Waals surface area contributed by atoms with Gasteiger partial charge in [-0.15, -0.1) is 0 Å². The van der Waals surface area contributed by atoms with E-state index in [2.05, 4.69) is 19.9 Å². The highest BCUT2D eigenvalue weighted by Crippen LogP contribution is 2.23. The van der Waals surface area contributed by atoms with Gasteiger partial charge in [0.2, 0.25) is 5.95 Å². The number of aromatic nitrogens is 4. The fourth-order valence-electron chi connectivity index (χ4n) is 2.10. The Bertz CT molecular complexity index is 850. The summed E-state index contributed by atoms with van der Waals surface area (Å²) in [6.45, 7) is 1.82. The Morgan fingerprint density at radius 2 is 1.85 bits per heavy atom. The summed E-state index contributed by atoms with van der Waals surface area (Å²) in [5.41, 5.74) is 13.1. The average Bonchev–Trinajstić information content (AvgIpc) is 2.37. The standard InChI is InChI=1S/C13H12N6O/c1-6-4-8(19-13(15)17-6)9-5-7-2-3-16-12(20)10(7)11(14)18-9/h2-5H,1H3,(H2,14,18)(H,16,20)(H2,15,17,19). The number of H-pyrrole nitrogens is 1. The molecule has 0 saturated carbocycles. The summed E-state index contributed by atoms with van der Waals surface area (Å²) >= 11 is 0. The Morgan fingerprint density at radius 1 is 1.10 bits per heavy atom. The van der Waals surface area contributed by atoms with Crippen molar-refractivity contribution in [1.29, 1.82) is 0 Å². The molecule has 0 aliphatic carbocycles. The number of nitrogen functional groups attached to an aromatic ring is 2. The lowest BCUT2D eigenvalue weighted by atomic mass is 10.1. The van der Waals surface area contributed by atoms with Gasteiger partial charge in [0, 0.05) is 11.9 Å². The van der Waals surface area contributed by atoms with E-state index in [0.717, 1.165) is 5.69 Å². The summed E-state index contributed by atoms with van der Waals surface area (Å²) in [6.07, 6.45) is 1.56. The highest BCUT2D eigenvalue weighted by atomic mass is 16.1. The van der Waals surface area contributed by atoms with Crippen LogP contribution >= 0.6 is 0 Å². The second kappa shape index (κ2) is 4.30. The molecule has 3 heterocycles. The van der Waals surface area contributed by atoms with E-state index in [0.29, 0.717) is 22.2 Å². The first-order valence-electron chi connectivity index (χ1n) is 5.94. The van der Waals surface area contributed by atoms with Crippen molar-refractivity contribution in [3.05, 3.63) is 40.4 Å². The van der Waals surface area contributed by atoms with Crippen LogP contribution in [0, 0.1) is 6.92 Å². The van der Waals surface area contributed by atoms with Crippen LogP contribution in [-0.4, -0.2) is 19.9 Å². The minimum absolute atomic E-state index is 0.161. The van der Waals surface area contributed by atoms with Gasteiger partial charge in [-0.1, -0.05) is 0 Å². The van der Waals surface area contributed by atoms with Gasteiger partial charge in [-0.3, -0.25) is 4.79 Å². The van der Waals surface area contributed by atoms with Crippen molar-refractivity contribution < 1.29 is 0 Å². The molecule has 7 nitrogen and oxygen atoms in total. The summed E-state index contributed by atoms with van der Waals surface area (Å²) in [5, 5.41) is 1.07. The van der Waals surface area contributed by atoms with Crippen LogP contribution in [0.25, 0.3) is 22.2 Å². The van der Waals surface area contributed by atoms with E-state index >= 15 is 0 Å². The summed E-state index contributed by atoms with van der Waals surface area (Å²) < 4.78 is 0. The fraction of sp³-hybridized carbons (Fsp3) is 0.0769. The predicted octanol–water partition coefficient (Wildman–Crippen LogP) is 0.853. The van der Waals surface area contributed by atoms with Crippen molar-refractivity contribution in [1.82, 2.24) is 19.9 Å². The van der Waals surface area contributed by atoms with Gasteiger partial charge in [-0.05, 0) is 30.5 Å². The number of nitrogens with one attached hydrogen (secondary N) is 1. The number of pyridine rings is 2. The number of fused-ring (bicyclic) bond motifs is 1. The van der Waals surface area contributed by atoms with Crippen LogP contribution < -0.4 is 17.0 Å². The van der Waals surface area contributed by atoms with Crippen LogP contribution in [0.3, 0.4) is 0 Å². The molecule has 3 aromatic heterocycles. The fourth-order valence-corrected chi connectivity index (χ4v) is 2.10. The first-order valence-corrected chi connectivity index (χ1v) is 5.94. The molecule has 0 aliphatic heterocycles. The van der Waals surface area contributed by atoms with Crippen molar-refractivity contribution in [2.24, 2.45) is 0 Å². The summed E-state index contributed by atoms with van der Waals surface area (Å²) in [7, 11) is 0. The molecule has 5 N–H and O–H groups in total. The zero-order valence-electron chi connectivity index (χ0n) is 10.7. The zero-order valence-corrected chi connectivity index (χ0v) is 10.7. The van der Waals surface area contributed by atoms with Gasteiger partial charge in [0.25, 0.3) is 5.56 Å². The summed E-state index contributed by atoms with van der Waals surface area (Å²) in [6, 6.07) is 5.27. The van der Waals surface area contributed by atoms with E-state index in [1.807, 2.05) is 6.92 Å².